The number of amides is 2. The van der Waals surface area contributed by atoms with Gasteiger partial charge in [-0.2, -0.15) is 5.26 Å². The highest BCUT2D eigenvalue weighted by Crippen LogP contribution is 2.19. The molecule has 2 N–H and O–H groups in total. The minimum Gasteiger partial charge on any atom is -0.479 e. The maximum atomic E-state index is 11.7. The van der Waals surface area contributed by atoms with Crippen LogP contribution >= 0.6 is 0 Å². The first-order chi connectivity index (χ1) is 10.1. The van der Waals surface area contributed by atoms with E-state index in [4.69, 9.17) is 10.00 Å². The highest BCUT2D eigenvalue weighted by atomic mass is 16.5. The molecule has 110 valence electrons. The fourth-order valence-electron chi connectivity index (χ4n) is 2.22. The van der Waals surface area contributed by atoms with Gasteiger partial charge in [-0.25, -0.2) is 0 Å². The van der Waals surface area contributed by atoms with Crippen molar-refractivity contribution in [3.8, 4) is 11.8 Å². The molecule has 2 unspecified atom stereocenters. The summed E-state index contributed by atoms with van der Waals surface area (Å²) in [5.74, 6) is 0.144. The van der Waals surface area contributed by atoms with Gasteiger partial charge in [-0.15, -0.1) is 0 Å². The second-order valence-electron chi connectivity index (χ2n) is 4.91. The van der Waals surface area contributed by atoms with Crippen LogP contribution in [0.2, 0.25) is 0 Å². The normalized spacial score (nSPS) is 19.5. The summed E-state index contributed by atoms with van der Waals surface area (Å²) in [5, 5.41) is 14.0. The van der Waals surface area contributed by atoms with Gasteiger partial charge in [0.25, 0.3) is 0 Å². The number of piperidine rings is 1. The average molecular weight is 287 g/mol. The number of hydrogen-bond acceptors (Lipinski definition) is 5. The number of benzene rings is 1. The van der Waals surface area contributed by atoms with E-state index in [0.717, 1.165) is 5.56 Å². The smallest absolute Gasteiger partial charge is 0.243 e. The van der Waals surface area contributed by atoms with Gasteiger partial charge in [-0.3, -0.25) is 20.2 Å². The molecule has 0 spiro atoms. The summed E-state index contributed by atoms with van der Waals surface area (Å²) in [7, 11) is 0. The summed E-state index contributed by atoms with van der Waals surface area (Å²) in [6.45, 7) is 1.97. The van der Waals surface area contributed by atoms with Gasteiger partial charge < -0.3 is 4.74 Å². The maximum absolute atomic E-state index is 11.7. The van der Waals surface area contributed by atoms with Crippen LogP contribution in [0.1, 0.15) is 31.4 Å². The number of hydrogen-bond donors (Lipinski definition) is 2. The largest absolute Gasteiger partial charge is 0.479 e. The van der Waals surface area contributed by atoms with E-state index in [1.54, 1.807) is 12.1 Å². The standard InChI is InChI=1S/C15H17N3O3/c1-10(17-13-6-7-14(19)18-15(13)20)11-2-4-12(5-3-11)21-9-8-16/h2-5,10,13,17H,6-7,9H2,1H3,(H,18,19,20). The van der Waals surface area contributed by atoms with Crippen molar-refractivity contribution < 1.29 is 14.3 Å². The number of rotatable bonds is 5. The molecule has 21 heavy (non-hydrogen) atoms. The van der Waals surface area contributed by atoms with Crippen molar-refractivity contribution in [2.75, 3.05) is 6.61 Å². The Morgan fingerprint density at radius 1 is 1.43 bits per heavy atom. The molecule has 2 amide bonds. The average Bonchev–Trinajstić information content (AvgIpc) is 2.48. The molecule has 1 aliphatic heterocycles. The molecule has 1 heterocycles. The number of nitrogens with zero attached hydrogens (tertiary/aromatic N) is 1. The topological polar surface area (TPSA) is 91.2 Å². The molecule has 1 saturated heterocycles. The van der Waals surface area contributed by atoms with Gasteiger partial charge in [0, 0.05) is 12.5 Å². The van der Waals surface area contributed by atoms with Gasteiger partial charge in [0.1, 0.15) is 11.8 Å². The van der Waals surface area contributed by atoms with Gasteiger partial charge in [-0.05, 0) is 31.0 Å². The van der Waals surface area contributed by atoms with E-state index in [-0.39, 0.29) is 30.5 Å². The Hall–Kier alpha value is -2.39. The summed E-state index contributed by atoms with van der Waals surface area (Å²) < 4.78 is 5.19. The highest BCUT2D eigenvalue weighted by molar-refractivity contribution is 6.00. The second-order valence-corrected chi connectivity index (χ2v) is 4.91. The molecular weight excluding hydrogens is 270 g/mol. The number of carbonyl (C=O) groups is 2. The molecule has 2 atom stereocenters. The van der Waals surface area contributed by atoms with Gasteiger partial charge in [-0.1, -0.05) is 12.1 Å². The quantitative estimate of drug-likeness (QED) is 0.790. The zero-order chi connectivity index (χ0) is 15.2. The van der Waals surface area contributed by atoms with Gasteiger partial charge in [0.05, 0.1) is 6.04 Å². The molecule has 0 radical (unpaired) electrons. The molecule has 2 rings (SSSR count). The van der Waals surface area contributed by atoms with E-state index in [9.17, 15) is 9.59 Å². The summed E-state index contributed by atoms with van der Waals surface area (Å²) in [6, 6.07) is 8.87. The molecule has 0 aromatic heterocycles. The van der Waals surface area contributed by atoms with Crippen LogP contribution in [0.25, 0.3) is 0 Å². The van der Waals surface area contributed by atoms with Gasteiger partial charge in [0.15, 0.2) is 6.61 Å². The Bertz CT molecular complexity index is 563. The third kappa shape index (κ3) is 4.04. The number of imide groups is 1. The monoisotopic (exact) mass is 287 g/mol. The van der Waals surface area contributed by atoms with E-state index in [1.807, 2.05) is 25.1 Å². The third-order valence-corrected chi connectivity index (χ3v) is 3.37. The Morgan fingerprint density at radius 2 is 2.14 bits per heavy atom. The van der Waals surface area contributed by atoms with Crippen LogP contribution in [0.15, 0.2) is 24.3 Å². The minimum atomic E-state index is -0.354. The van der Waals surface area contributed by atoms with Gasteiger partial charge >= 0.3 is 0 Å². The van der Waals surface area contributed by atoms with Crippen LogP contribution in [-0.4, -0.2) is 24.5 Å². The zero-order valence-electron chi connectivity index (χ0n) is 11.8. The SMILES string of the molecule is CC(NC1CCC(=O)NC1=O)c1ccc(OCC#N)cc1. The summed E-state index contributed by atoms with van der Waals surface area (Å²) in [5.41, 5.74) is 1.00. The van der Waals surface area contributed by atoms with Crippen LogP contribution in [-0.2, 0) is 9.59 Å². The maximum Gasteiger partial charge on any atom is 0.243 e. The molecule has 1 aromatic rings. The second kappa shape index (κ2) is 6.86. The molecule has 1 aliphatic rings. The van der Waals surface area contributed by atoms with Crippen molar-refractivity contribution in [2.24, 2.45) is 0 Å². The van der Waals surface area contributed by atoms with Gasteiger partial charge in [0.2, 0.25) is 11.8 Å². The van der Waals surface area contributed by atoms with E-state index < -0.39 is 0 Å². The number of nitrogens with one attached hydrogen (secondary N) is 2. The van der Waals surface area contributed by atoms with Crippen LogP contribution in [0.3, 0.4) is 0 Å². The number of carbonyl (C=O) groups excluding carboxylic acids is 2. The van der Waals surface area contributed by atoms with Crippen molar-refractivity contribution >= 4 is 11.8 Å². The number of ether oxygens (including phenoxy) is 1. The summed E-state index contributed by atoms with van der Waals surface area (Å²) in [6.07, 6.45) is 0.870. The zero-order valence-corrected chi connectivity index (χ0v) is 11.8. The lowest BCUT2D eigenvalue weighted by Crippen LogP contribution is -2.51. The van der Waals surface area contributed by atoms with Crippen LogP contribution in [0.4, 0.5) is 0 Å². The Labute approximate surface area is 123 Å². The Morgan fingerprint density at radius 3 is 2.76 bits per heavy atom. The molecule has 1 aromatic carbocycles. The summed E-state index contributed by atoms with van der Waals surface area (Å²) >= 11 is 0. The fraction of sp³-hybridized carbons (Fsp3) is 0.400. The fourth-order valence-corrected chi connectivity index (χ4v) is 2.22. The van der Waals surface area contributed by atoms with E-state index in [2.05, 4.69) is 10.6 Å². The Kier molecular flexibility index (Phi) is 4.90. The molecular formula is C15H17N3O3. The highest BCUT2D eigenvalue weighted by Gasteiger charge is 2.27. The lowest BCUT2D eigenvalue weighted by molar-refractivity contribution is -0.134. The molecule has 0 aliphatic carbocycles. The molecule has 6 heteroatoms. The van der Waals surface area contributed by atoms with Crippen LogP contribution in [0.5, 0.6) is 5.75 Å². The molecule has 0 saturated carbocycles. The Balaban J connectivity index is 1.94. The van der Waals surface area contributed by atoms with Crippen molar-refractivity contribution in [2.45, 2.75) is 31.8 Å². The molecule has 0 bridgehead atoms. The van der Waals surface area contributed by atoms with Crippen molar-refractivity contribution in [1.29, 1.82) is 5.26 Å². The van der Waals surface area contributed by atoms with Crippen LogP contribution in [0, 0.1) is 11.3 Å². The van der Waals surface area contributed by atoms with E-state index >= 15 is 0 Å². The van der Waals surface area contributed by atoms with Crippen molar-refractivity contribution in [1.82, 2.24) is 10.6 Å². The predicted molar refractivity (Wildman–Crippen MR) is 75.3 cm³/mol. The first-order valence-electron chi connectivity index (χ1n) is 6.79. The molecule has 6 nitrogen and oxygen atoms in total. The van der Waals surface area contributed by atoms with Crippen molar-refractivity contribution in [3.05, 3.63) is 29.8 Å². The first-order valence-corrected chi connectivity index (χ1v) is 6.79. The lowest BCUT2D eigenvalue weighted by atomic mass is 10.0. The number of nitriles is 1. The predicted octanol–water partition coefficient (Wildman–Crippen LogP) is 1.04. The third-order valence-electron chi connectivity index (χ3n) is 3.37. The van der Waals surface area contributed by atoms with Crippen molar-refractivity contribution in [3.63, 3.8) is 0 Å². The van der Waals surface area contributed by atoms with Crippen LogP contribution < -0.4 is 15.4 Å². The minimum absolute atomic E-state index is 0.0173. The first kappa shape index (κ1) is 15.0. The summed E-state index contributed by atoms with van der Waals surface area (Å²) in [4.78, 5) is 22.8. The molecule has 1 fully saturated rings. The lowest BCUT2D eigenvalue weighted by Gasteiger charge is -2.25. The van der Waals surface area contributed by atoms with E-state index in [1.165, 1.54) is 0 Å². The van der Waals surface area contributed by atoms with E-state index in [0.29, 0.717) is 18.6 Å².